The molecule has 0 bridgehead atoms. The summed E-state index contributed by atoms with van der Waals surface area (Å²) >= 11 is 0. The molecule has 20 heavy (non-hydrogen) atoms. The van der Waals surface area contributed by atoms with E-state index in [1.165, 1.54) is 12.1 Å². The van der Waals surface area contributed by atoms with Gasteiger partial charge < -0.3 is 5.11 Å². The molecule has 1 atom stereocenters. The highest BCUT2D eigenvalue weighted by Crippen LogP contribution is 2.30. The number of aliphatic hydroxyl groups excluding tert-OH is 1. The van der Waals surface area contributed by atoms with Crippen LogP contribution in [0.5, 0.6) is 0 Å². The van der Waals surface area contributed by atoms with Crippen molar-refractivity contribution in [3.63, 3.8) is 0 Å². The van der Waals surface area contributed by atoms with Crippen LogP contribution in [0.15, 0.2) is 48.5 Å². The average Bonchev–Trinajstić information content (AvgIpc) is 2.38. The van der Waals surface area contributed by atoms with E-state index in [2.05, 4.69) is 0 Å². The SMILES string of the molecule is Cc1ccccc1C(O)Cc1ccc(C(F)(F)F)cc1. The van der Waals surface area contributed by atoms with Gasteiger partial charge >= 0.3 is 6.18 Å². The number of hydrogen-bond acceptors (Lipinski definition) is 1. The van der Waals surface area contributed by atoms with Crippen LogP contribution in [0.1, 0.15) is 28.4 Å². The summed E-state index contributed by atoms with van der Waals surface area (Å²) in [7, 11) is 0. The molecule has 1 N–H and O–H groups in total. The van der Waals surface area contributed by atoms with Crippen LogP contribution in [0.4, 0.5) is 13.2 Å². The summed E-state index contributed by atoms with van der Waals surface area (Å²) in [6, 6.07) is 12.3. The van der Waals surface area contributed by atoms with E-state index in [0.29, 0.717) is 12.0 Å². The van der Waals surface area contributed by atoms with Gasteiger partial charge in [0.15, 0.2) is 0 Å². The number of rotatable bonds is 3. The Bertz CT molecular complexity index is 573. The number of hydrogen-bond donors (Lipinski definition) is 1. The maximum Gasteiger partial charge on any atom is 0.416 e. The maximum atomic E-state index is 12.5. The zero-order valence-electron chi connectivity index (χ0n) is 11.0. The van der Waals surface area contributed by atoms with Gasteiger partial charge in [-0.2, -0.15) is 13.2 Å². The molecule has 4 heteroatoms. The van der Waals surface area contributed by atoms with Crippen molar-refractivity contribution >= 4 is 0 Å². The number of aliphatic hydroxyl groups is 1. The van der Waals surface area contributed by atoms with E-state index in [1.807, 2.05) is 31.2 Å². The maximum absolute atomic E-state index is 12.5. The van der Waals surface area contributed by atoms with Crippen molar-refractivity contribution in [3.05, 3.63) is 70.8 Å². The highest BCUT2D eigenvalue weighted by molar-refractivity contribution is 5.30. The fourth-order valence-corrected chi connectivity index (χ4v) is 2.12. The third kappa shape index (κ3) is 3.39. The molecule has 0 saturated heterocycles. The first-order valence-corrected chi connectivity index (χ1v) is 6.27. The molecule has 0 aliphatic rings. The fourth-order valence-electron chi connectivity index (χ4n) is 2.12. The van der Waals surface area contributed by atoms with Gasteiger partial charge in [-0.3, -0.25) is 0 Å². The van der Waals surface area contributed by atoms with Crippen LogP contribution in [-0.4, -0.2) is 5.11 Å². The Hall–Kier alpha value is -1.81. The number of halogens is 3. The summed E-state index contributed by atoms with van der Waals surface area (Å²) in [5, 5.41) is 10.2. The van der Waals surface area contributed by atoms with E-state index in [-0.39, 0.29) is 0 Å². The predicted molar refractivity (Wildman–Crippen MR) is 71.3 cm³/mol. The normalized spacial score (nSPS) is 13.2. The van der Waals surface area contributed by atoms with Gasteiger partial charge in [-0.1, -0.05) is 36.4 Å². The summed E-state index contributed by atoms with van der Waals surface area (Å²) in [4.78, 5) is 0. The third-order valence-corrected chi connectivity index (χ3v) is 3.26. The summed E-state index contributed by atoms with van der Waals surface area (Å²) in [6.07, 6.45) is -4.75. The highest BCUT2D eigenvalue weighted by Gasteiger charge is 2.29. The summed E-state index contributed by atoms with van der Waals surface area (Å²) < 4.78 is 37.4. The second-order valence-corrected chi connectivity index (χ2v) is 4.77. The second kappa shape index (κ2) is 5.67. The molecule has 2 aromatic carbocycles. The Labute approximate surface area is 115 Å². The minimum Gasteiger partial charge on any atom is -0.388 e. The van der Waals surface area contributed by atoms with E-state index in [9.17, 15) is 18.3 Å². The number of aryl methyl sites for hydroxylation is 1. The topological polar surface area (TPSA) is 20.2 Å². The van der Waals surface area contributed by atoms with Gasteiger partial charge in [0.25, 0.3) is 0 Å². The molecule has 106 valence electrons. The first-order chi connectivity index (χ1) is 9.38. The molecular formula is C16H15F3O. The zero-order valence-corrected chi connectivity index (χ0v) is 11.0. The van der Waals surface area contributed by atoms with Crippen molar-refractivity contribution in [2.45, 2.75) is 25.6 Å². The molecule has 0 fully saturated rings. The van der Waals surface area contributed by atoms with Crippen molar-refractivity contribution < 1.29 is 18.3 Å². The van der Waals surface area contributed by atoms with Gasteiger partial charge in [-0.15, -0.1) is 0 Å². The standard InChI is InChI=1S/C16H15F3O/c1-11-4-2-3-5-14(11)15(20)10-12-6-8-13(9-7-12)16(17,18)19/h2-9,15,20H,10H2,1H3. The van der Waals surface area contributed by atoms with E-state index in [0.717, 1.165) is 23.3 Å². The lowest BCUT2D eigenvalue weighted by atomic mass is 9.97. The Morgan fingerprint density at radius 3 is 2.15 bits per heavy atom. The lowest BCUT2D eigenvalue weighted by Gasteiger charge is -2.14. The summed E-state index contributed by atoms with van der Waals surface area (Å²) in [5.74, 6) is 0. The lowest BCUT2D eigenvalue weighted by molar-refractivity contribution is -0.137. The molecule has 0 aromatic heterocycles. The van der Waals surface area contributed by atoms with E-state index < -0.39 is 17.8 Å². The van der Waals surface area contributed by atoms with Crippen LogP contribution in [0.3, 0.4) is 0 Å². The lowest BCUT2D eigenvalue weighted by Crippen LogP contribution is -2.06. The van der Waals surface area contributed by atoms with Gasteiger partial charge in [-0.25, -0.2) is 0 Å². The Morgan fingerprint density at radius 1 is 1.00 bits per heavy atom. The second-order valence-electron chi connectivity index (χ2n) is 4.77. The monoisotopic (exact) mass is 280 g/mol. The minimum atomic E-state index is -4.33. The van der Waals surface area contributed by atoms with E-state index >= 15 is 0 Å². The zero-order chi connectivity index (χ0) is 14.8. The van der Waals surface area contributed by atoms with Crippen molar-refractivity contribution in [1.82, 2.24) is 0 Å². The first kappa shape index (κ1) is 14.6. The molecule has 1 nitrogen and oxygen atoms in total. The molecule has 0 amide bonds. The Kier molecular flexibility index (Phi) is 4.14. The van der Waals surface area contributed by atoms with Crippen molar-refractivity contribution in [3.8, 4) is 0 Å². The highest BCUT2D eigenvalue weighted by atomic mass is 19.4. The Balaban J connectivity index is 2.13. The molecule has 2 aromatic rings. The predicted octanol–water partition coefficient (Wildman–Crippen LogP) is 4.29. The number of alkyl halides is 3. The van der Waals surface area contributed by atoms with Gasteiger partial charge in [0.05, 0.1) is 11.7 Å². The molecule has 0 saturated carbocycles. The minimum absolute atomic E-state index is 0.295. The molecule has 0 heterocycles. The van der Waals surface area contributed by atoms with Crippen LogP contribution in [0.2, 0.25) is 0 Å². The van der Waals surface area contributed by atoms with E-state index in [4.69, 9.17) is 0 Å². The average molecular weight is 280 g/mol. The fraction of sp³-hybridized carbons (Fsp3) is 0.250. The third-order valence-electron chi connectivity index (χ3n) is 3.26. The molecule has 1 unspecified atom stereocenters. The molecular weight excluding hydrogens is 265 g/mol. The molecule has 0 radical (unpaired) electrons. The molecule has 0 aliphatic carbocycles. The van der Waals surface area contributed by atoms with Crippen molar-refractivity contribution in [2.24, 2.45) is 0 Å². The van der Waals surface area contributed by atoms with Gasteiger partial charge in [0.1, 0.15) is 0 Å². The van der Waals surface area contributed by atoms with Crippen LogP contribution >= 0.6 is 0 Å². The summed E-state index contributed by atoms with van der Waals surface area (Å²) in [5.41, 5.74) is 1.76. The Morgan fingerprint density at radius 2 is 1.60 bits per heavy atom. The molecule has 2 rings (SSSR count). The largest absolute Gasteiger partial charge is 0.416 e. The van der Waals surface area contributed by atoms with Crippen LogP contribution in [-0.2, 0) is 12.6 Å². The van der Waals surface area contributed by atoms with Crippen LogP contribution < -0.4 is 0 Å². The van der Waals surface area contributed by atoms with Gasteiger partial charge in [0.2, 0.25) is 0 Å². The van der Waals surface area contributed by atoms with Crippen molar-refractivity contribution in [1.29, 1.82) is 0 Å². The molecule has 0 aliphatic heterocycles. The van der Waals surface area contributed by atoms with Crippen LogP contribution in [0, 0.1) is 6.92 Å². The first-order valence-electron chi connectivity index (χ1n) is 6.27. The van der Waals surface area contributed by atoms with Crippen LogP contribution in [0.25, 0.3) is 0 Å². The quantitative estimate of drug-likeness (QED) is 0.889. The smallest absolute Gasteiger partial charge is 0.388 e. The van der Waals surface area contributed by atoms with Gasteiger partial charge in [0, 0.05) is 6.42 Å². The summed E-state index contributed by atoms with van der Waals surface area (Å²) in [6.45, 7) is 1.89. The van der Waals surface area contributed by atoms with E-state index in [1.54, 1.807) is 0 Å². The van der Waals surface area contributed by atoms with Crippen molar-refractivity contribution in [2.75, 3.05) is 0 Å². The molecule has 0 spiro atoms. The number of benzene rings is 2. The van der Waals surface area contributed by atoms with Gasteiger partial charge in [-0.05, 0) is 35.7 Å².